The van der Waals surface area contributed by atoms with Crippen LogP contribution in [0.25, 0.3) is 0 Å². The fourth-order valence-corrected chi connectivity index (χ4v) is 9.15. The highest BCUT2D eigenvalue weighted by atomic mass is 16.6. The van der Waals surface area contributed by atoms with Crippen LogP contribution in [0.1, 0.15) is 329 Å². The summed E-state index contributed by atoms with van der Waals surface area (Å²) in [6, 6.07) is 0. The molecule has 0 aliphatic carbocycles. The van der Waals surface area contributed by atoms with Crippen LogP contribution in [0.15, 0.2) is 60.8 Å². The first-order valence-electron chi connectivity index (χ1n) is 31.8. The molecule has 1 atom stereocenters. The maximum Gasteiger partial charge on any atom is 0.306 e. The Kier molecular flexibility index (Phi) is 59.2. The van der Waals surface area contributed by atoms with Crippen LogP contribution in [-0.4, -0.2) is 37.2 Å². The summed E-state index contributed by atoms with van der Waals surface area (Å²) in [6.45, 7) is 6.62. The molecule has 0 N–H and O–H groups in total. The van der Waals surface area contributed by atoms with E-state index in [1.165, 1.54) is 205 Å². The van der Waals surface area contributed by atoms with E-state index in [0.717, 1.165) is 83.5 Å². The van der Waals surface area contributed by atoms with Crippen molar-refractivity contribution < 1.29 is 28.6 Å². The summed E-state index contributed by atoms with van der Waals surface area (Å²) in [4.78, 5) is 38.3. The van der Waals surface area contributed by atoms with Crippen molar-refractivity contribution >= 4 is 17.9 Å². The molecule has 73 heavy (non-hydrogen) atoms. The Balaban J connectivity index is 4.39. The zero-order valence-electron chi connectivity index (χ0n) is 48.7. The first-order valence-corrected chi connectivity index (χ1v) is 31.8. The zero-order valence-corrected chi connectivity index (χ0v) is 48.7. The quantitative estimate of drug-likeness (QED) is 0.0261. The summed E-state index contributed by atoms with van der Waals surface area (Å²) in [6.07, 6.45) is 77.9. The van der Waals surface area contributed by atoms with Gasteiger partial charge in [0.1, 0.15) is 13.2 Å². The van der Waals surface area contributed by atoms with Gasteiger partial charge in [-0.05, 0) is 109 Å². The van der Waals surface area contributed by atoms with E-state index in [1.807, 2.05) is 0 Å². The minimum Gasteiger partial charge on any atom is -0.462 e. The van der Waals surface area contributed by atoms with Crippen molar-refractivity contribution in [2.45, 2.75) is 335 Å². The lowest BCUT2D eigenvalue weighted by Gasteiger charge is -2.18. The third-order valence-electron chi connectivity index (χ3n) is 14.0. The standard InChI is InChI=1S/C67H120O6/c1-4-7-10-13-16-19-22-25-28-31-33-36-39-42-45-48-51-54-57-60-66(69)72-63-64(62-71-65(68)59-56-53-50-47-44-41-38-35-30-27-24-21-18-15-12-9-6-3)73-67(70)61-58-55-52-49-46-43-40-37-34-32-29-26-23-20-17-14-11-8-5-2/h18,21,25-30,38,41,64H,4-17,19-20,22-24,31-37,39-40,42-63H2,1-3H3/b21-18-,28-25-,29-26-,30-27-,41-38-/t64-/m1/s1. The predicted octanol–water partition coefficient (Wildman–Crippen LogP) is 21.6. The summed E-state index contributed by atoms with van der Waals surface area (Å²) in [7, 11) is 0. The first kappa shape index (κ1) is 70.1. The average Bonchev–Trinajstić information content (AvgIpc) is 3.39. The third-order valence-corrected chi connectivity index (χ3v) is 14.0. The number of carbonyl (C=O) groups is 3. The lowest BCUT2D eigenvalue weighted by molar-refractivity contribution is -0.167. The summed E-state index contributed by atoms with van der Waals surface area (Å²) < 4.78 is 16.9. The van der Waals surface area contributed by atoms with Gasteiger partial charge in [0.25, 0.3) is 0 Å². The Morgan fingerprint density at radius 1 is 0.274 bits per heavy atom. The van der Waals surface area contributed by atoms with Gasteiger partial charge in [-0.3, -0.25) is 14.4 Å². The third kappa shape index (κ3) is 59.9. The Bertz CT molecular complexity index is 1310. The first-order chi connectivity index (χ1) is 36.0. The van der Waals surface area contributed by atoms with Crippen LogP contribution in [0, 0.1) is 0 Å². The van der Waals surface area contributed by atoms with Crippen molar-refractivity contribution in [1.29, 1.82) is 0 Å². The zero-order chi connectivity index (χ0) is 52.9. The van der Waals surface area contributed by atoms with Gasteiger partial charge in [0.15, 0.2) is 6.10 Å². The number of hydrogen-bond acceptors (Lipinski definition) is 6. The minimum absolute atomic E-state index is 0.0816. The number of esters is 3. The van der Waals surface area contributed by atoms with E-state index in [1.54, 1.807) is 0 Å². The smallest absolute Gasteiger partial charge is 0.306 e. The lowest BCUT2D eigenvalue weighted by Crippen LogP contribution is -2.30. The second-order valence-electron chi connectivity index (χ2n) is 21.3. The molecule has 424 valence electrons. The Hall–Kier alpha value is -2.89. The highest BCUT2D eigenvalue weighted by molar-refractivity contribution is 5.71. The molecule has 0 saturated carbocycles. The molecular formula is C67H120O6. The molecule has 0 radical (unpaired) electrons. The number of ether oxygens (including phenoxy) is 3. The van der Waals surface area contributed by atoms with Crippen LogP contribution >= 0.6 is 0 Å². The maximum atomic E-state index is 12.9. The molecule has 0 amide bonds. The molecule has 0 aromatic rings. The molecule has 0 aliphatic heterocycles. The molecule has 0 aromatic carbocycles. The van der Waals surface area contributed by atoms with Crippen LogP contribution in [0.3, 0.4) is 0 Å². The van der Waals surface area contributed by atoms with Crippen LogP contribution < -0.4 is 0 Å². The van der Waals surface area contributed by atoms with Crippen LogP contribution in [0.2, 0.25) is 0 Å². The lowest BCUT2D eigenvalue weighted by atomic mass is 10.1. The molecule has 6 heteroatoms. The van der Waals surface area contributed by atoms with Gasteiger partial charge in [0, 0.05) is 19.3 Å². The molecule has 6 nitrogen and oxygen atoms in total. The highest BCUT2D eigenvalue weighted by Gasteiger charge is 2.19. The van der Waals surface area contributed by atoms with Crippen LogP contribution in [0.5, 0.6) is 0 Å². The molecule has 0 rings (SSSR count). The molecule has 0 saturated heterocycles. The highest BCUT2D eigenvalue weighted by Crippen LogP contribution is 2.16. The van der Waals surface area contributed by atoms with Crippen molar-refractivity contribution in [2.75, 3.05) is 13.2 Å². The fraction of sp³-hybridized carbons (Fsp3) is 0.806. The normalized spacial score (nSPS) is 12.4. The van der Waals surface area contributed by atoms with Crippen LogP contribution in [-0.2, 0) is 28.6 Å². The van der Waals surface area contributed by atoms with Gasteiger partial charge < -0.3 is 14.2 Å². The van der Waals surface area contributed by atoms with Gasteiger partial charge >= 0.3 is 17.9 Å². The Labute approximate surface area is 453 Å². The molecule has 0 aromatic heterocycles. The average molecular weight is 1020 g/mol. The van der Waals surface area contributed by atoms with Gasteiger partial charge in [-0.2, -0.15) is 0 Å². The monoisotopic (exact) mass is 1020 g/mol. The van der Waals surface area contributed by atoms with Crippen molar-refractivity contribution in [3.05, 3.63) is 60.8 Å². The van der Waals surface area contributed by atoms with Gasteiger partial charge in [-0.25, -0.2) is 0 Å². The summed E-state index contributed by atoms with van der Waals surface area (Å²) in [5.74, 6) is -0.892. The van der Waals surface area contributed by atoms with Gasteiger partial charge in [0.05, 0.1) is 0 Å². The SMILES string of the molecule is CCCCC/C=C\C/C=C\C/C=C\CCCCCCC(=O)OC[C@H](COC(=O)CCCCCCCCCCC/C=C\CCCCCCCC)OC(=O)CCCCCCCCCCC/C=C\CCCCCCCC. The summed E-state index contributed by atoms with van der Waals surface area (Å²) >= 11 is 0. The second-order valence-corrected chi connectivity index (χ2v) is 21.3. The number of hydrogen-bond donors (Lipinski definition) is 0. The predicted molar refractivity (Wildman–Crippen MR) is 316 cm³/mol. The number of rotatable bonds is 58. The van der Waals surface area contributed by atoms with E-state index in [-0.39, 0.29) is 31.1 Å². The molecule has 0 unspecified atom stereocenters. The van der Waals surface area contributed by atoms with Crippen molar-refractivity contribution in [3.8, 4) is 0 Å². The molecular weight excluding hydrogens is 901 g/mol. The van der Waals surface area contributed by atoms with E-state index in [4.69, 9.17) is 14.2 Å². The maximum absolute atomic E-state index is 12.9. The minimum atomic E-state index is -0.786. The van der Waals surface area contributed by atoms with Crippen LogP contribution in [0.4, 0.5) is 0 Å². The number of carbonyl (C=O) groups excluding carboxylic acids is 3. The number of allylic oxidation sites excluding steroid dienone is 10. The van der Waals surface area contributed by atoms with Crippen molar-refractivity contribution in [2.24, 2.45) is 0 Å². The Morgan fingerprint density at radius 3 is 0.808 bits per heavy atom. The molecule has 0 heterocycles. The van der Waals surface area contributed by atoms with E-state index in [2.05, 4.69) is 81.5 Å². The van der Waals surface area contributed by atoms with E-state index >= 15 is 0 Å². The van der Waals surface area contributed by atoms with Gasteiger partial charge in [-0.15, -0.1) is 0 Å². The van der Waals surface area contributed by atoms with E-state index in [0.29, 0.717) is 19.3 Å². The fourth-order valence-electron chi connectivity index (χ4n) is 9.15. The number of unbranched alkanes of at least 4 members (excludes halogenated alkanes) is 37. The van der Waals surface area contributed by atoms with Crippen molar-refractivity contribution in [3.63, 3.8) is 0 Å². The topological polar surface area (TPSA) is 78.9 Å². The van der Waals surface area contributed by atoms with Crippen molar-refractivity contribution in [1.82, 2.24) is 0 Å². The van der Waals surface area contributed by atoms with E-state index in [9.17, 15) is 14.4 Å². The Morgan fingerprint density at radius 2 is 0.493 bits per heavy atom. The second kappa shape index (κ2) is 61.7. The van der Waals surface area contributed by atoms with Gasteiger partial charge in [-0.1, -0.05) is 261 Å². The van der Waals surface area contributed by atoms with Gasteiger partial charge in [0.2, 0.25) is 0 Å². The molecule has 0 bridgehead atoms. The summed E-state index contributed by atoms with van der Waals surface area (Å²) in [5.41, 5.74) is 0. The molecule has 0 fully saturated rings. The molecule has 0 spiro atoms. The molecule has 0 aliphatic rings. The largest absolute Gasteiger partial charge is 0.462 e. The summed E-state index contributed by atoms with van der Waals surface area (Å²) in [5, 5.41) is 0. The van der Waals surface area contributed by atoms with E-state index < -0.39 is 6.10 Å².